The molecule has 0 N–H and O–H groups in total. The van der Waals surface area contributed by atoms with Gasteiger partial charge in [-0.3, -0.25) is 4.79 Å². The molecule has 5 nitrogen and oxygen atoms in total. The highest BCUT2D eigenvalue weighted by molar-refractivity contribution is 7.91. The zero-order chi connectivity index (χ0) is 16.2. The number of nitrogens with zero attached hydrogens (tertiary/aromatic N) is 1. The van der Waals surface area contributed by atoms with E-state index in [-0.39, 0.29) is 23.1 Å². The van der Waals surface area contributed by atoms with Crippen LogP contribution in [0.25, 0.3) is 0 Å². The van der Waals surface area contributed by atoms with Crippen LogP contribution >= 0.6 is 0 Å². The molecule has 0 aromatic rings. The molecule has 6 heteroatoms. The van der Waals surface area contributed by atoms with Gasteiger partial charge in [0.1, 0.15) is 5.60 Å². The number of esters is 1. The summed E-state index contributed by atoms with van der Waals surface area (Å²) >= 11 is 0. The molecule has 1 saturated heterocycles. The van der Waals surface area contributed by atoms with Gasteiger partial charge >= 0.3 is 5.97 Å². The third-order valence-electron chi connectivity index (χ3n) is 5.14. The molecule has 128 valence electrons. The summed E-state index contributed by atoms with van der Waals surface area (Å²) < 4.78 is 28.7. The van der Waals surface area contributed by atoms with Crippen LogP contribution in [0.5, 0.6) is 0 Å². The van der Waals surface area contributed by atoms with E-state index in [4.69, 9.17) is 4.74 Å². The summed E-state index contributed by atoms with van der Waals surface area (Å²) in [4.78, 5) is 14.3. The second-order valence-corrected chi connectivity index (χ2v) is 9.30. The predicted molar refractivity (Wildman–Crippen MR) is 86.5 cm³/mol. The van der Waals surface area contributed by atoms with Crippen LogP contribution in [0.1, 0.15) is 52.4 Å². The van der Waals surface area contributed by atoms with E-state index in [1.165, 1.54) is 6.42 Å². The molecule has 0 aromatic heterocycles. The number of ether oxygens (including phenoxy) is 1. The van der Waals surface area contributed by atoms with Crippen molar-refractivity contribution in [3.05, 3.63) is 0 Å². The number of hydrogen-bond acceptors (Lipinski definition) is 5. The van der Waals surface area contributed by atoms with Crippen molar-refractivity contribution in [1.82, 2.24) is 4.90 Å². The molecule has 0 aromatic carbocycles. The van der Waals surface area contributed by atoms with Crippen molar-refractivity contribution in [2.75, 3.05) is 31.1 Å². The Hall–Kier alpha value is -0.620. The Morgan fingerprint density at radius 1 is 1.14 bits per heavy atom. The third-order valence-corrected chi connectivity index (χ3v) is 6.75. The smallest absolute Gasteiger partial charge is 0.307 e. The summed E-state index contributed by atoms with van der Waals surface area (Å²) in [5, 5.41) is 0. The van der Waals surface area contributed by atoms with Crippen molar-refractivity contribution in [2.24, 2.45) is 5.92 Å². The first-order chi connectivity index (χ1) is 10.3. The highest BCUT2D eigenvalue weighted by Crippen LogP contribution is 2.37. The lowest BCUT2D eigenvalue weighted by Crippen LogP contribution is -2.44. The van der Waals surface area contributed by atoms with Crippen molar-refractivity contribution in [2.45, 2.75) is 58.0 Å². The maximum Gasteiger partial charge on any atom is 0.307 e. The summed E-state index contributed by atoms with van der Waals surface area (Å²) in [6, 6.07) is 0. The largest absolute Gasteiger partial charge is 0.459 e. The molecule has 1 heterocycles. The Kier molecular flexibility index (Phi) is 5.88. The van der Waals surface area contributed by atoms with Gasteiger partial charge in [-0.15, -0.1) is 0 Å². The van der Waals surface area contributed by atoms with Crippen molar-refractivity contribution in [3.8, 4) is 0 Å². The topological polar surface area (TPSA) is 63.7 Å². The summed E-state index contributed by atoms with van der Waals surface area (Å²) in [5.74, 6) is 0.622. The van der Waals surface area contributed by atoms with Gasteiger partial charge in [0.05, 0.1) is 17.9 Å². The van der Waals surface area contributed by atoms with Gasteiger partial charge in [0.25, 0.3) is 0 Å². The fourth-order valence-electron chi connectivity index (χ4n) is 3.45. The van der Waals surface area contributed by atoms with Crippen molar-refractivity contribution >= 4 is 15.8 Å². The van der Waals surface area contributed by atoms with Gasteiger partial charge in [0, 0.05) is 19.6 Å². The average Bonchev–Trinajstić information content (AvgIpc) is 2.47. The van der Waals surface area contributed by atoms with Crippen LogP contribution in [0.4, 0.5) is 0 Å². The fraction of sp³-hybridized carbons (Fsp3) is 0.938. The zero-order valence-corrected chi connectivity index (χ0v) is 14.7. The van der Waals surface area contributed by atoms with Gasteiger partial charge in [-0.25, -0.2) is 8.42 Å². The molecule has 0 spiro atoms. The maximum absolute atomic E-state index is 12.2. The Morgan fingerprint density at radius 3 is 2.27 bits per heavy atom. The lowest BCUT2D eigenvalue weighted by molar-refractivity contribution is -0.170. The normalized spacial score (nSPS) is 25.0. The van der Waals surface area contributed by atoms with Crippen molar-refractivity contribution < 1.29 is 17.9 Å². The Bertz CT molecular complexity index is 466. The quantitative estimate of drug-likeness (QED) is 0.721. The molecule has 0 unspecified atom stereocenters. The molecule has 0 radical (unpaired) electrons. The summed E-state index contributed by atoms with van der Waals surface area (Å²) in [6.07, 6.45) is 5.80. The van der Waals surface area contributed by atoms with Crippen molar-refractivity contribution in [1.29, 1.82) is 0 Å². The van der Waals surface area contributed by atoms with Crippen LogP contribution in [0, 0.1) is 5.92 Å². The zero-order valence-electron chi connectivity index (χ0n) is 13.8. The van der Waals surface area contributed by atoms with Crippen LogP contribution in [0.15, 0.2) is 0 Å². The minimum Gasteiger partial charge on any atom is -0.459 e. The lowest BCUT2D eigenvalue weighted by Gasteiger charge is -2.40. The second kappa shape index (κ2) is 7.30. The Morgan fingerprint density at radius 2 is 1.73 bits per heavy atom. The van der Waals surface area contributed by atoms with E-state index in [1.54, 1.807) is 0 Å². The van der Waals surface area contributed by atoms with Crippen LogP contribution in [-0.4, -0.2) is 56.0 Å². The SMILES string of the molecule is CC(C)C1(OC(=O)CCN2CCS(=O)(=O)CC2)CCCCC1. The minimum absolute atomic E-state index is 0.135. The van der Waals surface area contributed by atoms with Crippen LogP contribution in [-0.2, 0) is 19.4 Å². The molecule has 0 amide bonds. The second-order valence-electron chi connectivity index (χ2n) is 7.00. The Labute approximate surface area is 134 Å². The maximum atomic E-state index is 12.2. The summed E-state index contributed by atoms with van der Waals surface area (Å²) in [5.41, 5.74) is -0.277. The number of hydrogen-bond donors (Lipinski definition) is 0. The molecule has 0 bridgehead atoms. The van der Waals surface area contributed by atoms with Gasteiger partial charge in [-0.1, -0.05) is 20.3 Å². The molecule has 1 saturated carbocycles. The van der Waals surface area contributed by atoms with E-state index in [1.807, 2.05) is 4.90 Å². The van der Waals surface area contributed by atoms with E-state index < -0.39 is 9.84 Å². The number of sulfone groups is 1. The Balaban J connectivity index is 1.79. The third kappa shape index (κ3) is 4.69. The number of rotatable bonds is 5. The molecular weight excluding hydrogens is 302 g/mol. The van der Waals surface area contributed by atoms with Crippen molar-refractivity contribution in [3.63, 3.8) is 0 Å². The molecule has 22 heavy (non-hydrogen) atoms. The van der Waals surface area contributed by atoms with E-state index in [0.29, 0.717) is 32.0 Å². The first kappa shape index (κ1) is 17.7. The molecule has 0 atom stereocenters. The molecular formula is C16H29NO4S. The van der Waals surface area contributed by atoms with Gasteiger partial charge in [0.2, 0.25) is 0 Å². The van der Waals surface area contributed by atoms with Crippen LogP contribution in [0.2, 0.25) is 0 Å². The highest BCUT2D eigenvalue weighted by Gasteiger charge is 2.38. The van der Waals surface area contributed by atoms with E-state index in [2.05, 4.69) is 13.8 Å². The molecule has 1 aliphatic carbocycles. The molecule has 2 aliphatic rings. The molecule has 2 rings (SSSR count). The van der Waals surface area contributed by atoms with Gasteiger partial charge in [-0.2, -0.15) is 0 Å². The van der Waals surface area contributed by atoms with Gasteiger partial charge in [0.15, 0.2) is 9.84 Å². The summed E-state index contributed by atoms with van der Waals surface area (Å²) in [6.45, 7) is 5.93. The highest BCUT2D eigenvalue weighted by atomic mass is 32.2. The van der Waals surface area contributed by atoms with Gasteiger partial charge in [-0.05, 0) is 31.6 Å². The first-order valence-corrected chi connectivity index (χ1v) is 10.3. The summed E-state index contributed by atoms with van der Waals surface area (Å²) in [7, 11) is -2.86. The molecule has 1 aliphatic heterocycles. The molecule has 2 fully saturated rings. The monoisotopic (exact) mass is 331 g/mol. The van der Waals surface area contributed by atoms with E-state index in [0.717, 1.165) is 25.7 Å². The van der Waals surface area contributed by atoms with Crippen LogP contribution < -0.4 is 0 Å². The van der Waals surface area contributed by atoms with E-state index in [9.17, 15) is 13.2 Å². The number of carbonyl (C=O) groups excluding carboxylic acids is 1. The van der Waals surface area contributed by atoms with Crippen LogP contribution in [0.3, 0.4) is 0 Å². The van der Waals surface area contributed by atoms with Gasteiger partial charge < -0.3 is 9.64 Å². The predicted octanol–water partition coefficient (Wildman–Crippen LogP) is 2.01. The first-order valence-electron chi connectivity index (χ1n) is 8.48. The lowest BCUT2D eigenvalue weighted by atomic mass is 9.77. The number of carbonyl (C=O) groups is 1. The minimum atomic E-state index is -2.86. The average molecular weight is 331 g/mol. The van der Waals surface area contributed by atoms with E-state index >= 15 is 0 Å². The standard InChI is InChI=1S/C16H29NO4S/c1-14(2)16(7-4-3-5-8-16)21-15(18)6-9-17-10-12-22(19,20)13-11-17/h14H,3-13H2,1-2H3. The fourth-order valence-corrected chi connectivity index (χ4v) is 4.73.